The third kappa shape index (κ3) is 2.07. The lowest BCUT2D eigenvalue weighted by atomic mass is 9.80. The predicted octanol–water partition coefficient (Wildman–Crippen LogP) is 4.66. The summed E-state index contributed by atoms with van der Waals surface area (Å²) >= 11 is 0. The quantitative estimate of drug-likeness (QED) is 0.458. The van der Waals surface area contributed by atoms with E-state index in [-0.39, 0.29) is 5.97 Å². The van der Waals surface area contributed by atoms with E-state index in [4.69, 9.17) is 14.9 Å². The van der Waals surface area contributed by atoms with Gasteiger partial charge in [0.25, 0.3) is 0 Å². The van der Waals surface area contributed by atoms with Crippen molar-refractivity contribution in [1.82, 2.24) is 0 Å². The molecule has 24 heavy (non-hydrogen) atoms. The van der Waals surface area contributed by atoms with Crippen LogP contribution in [-0.2, 0) is 10.2 Å². The molecule has 5 nitrogen and oxygen atoms in total. The van der Waals surface area contributed by atoms with E-state index in [1.807, 2.05) is 39.8 Å². The van der Waals surface area contributed by atoms with Crippen molar-refractivity contribution in [3.63, 3.8) is 0 Å². The molecule has 0 spiro atoms. The molecule has 0 saturated carbocycles. The van der Waals surface area contributed by atoms with Crippen LogP contribution in [0, 0.1) is 19.2 Å². The van der Waals surface area contributed by atoms with E-state index < -0.39 is 5.41 Å². The van der Waals surface area contributed by atoms with Crippen molar-refractivity contribution in [3.8, 4) is 22.6 Å². The highest BCUT2D eigenvalue weighted by molar-refractivity contribution is 5.94. The van der Waals surface area contributed by atoms with Crippen molar-refractivity contribution in [1.29, 1.82) is 5.39 Å². The van der Waals surface area contributed by atoms with Crippen molar-refractivity contribution in [2.24, 2.45) is 0 Å². The highest BCUT2D eigenvalue weighted by atomic mass is 16.5. The van der Waals surface area contributed by atoms with Gasteiger partial charge in [0.05, 0.1) is 12.5 Å². The van der Waals surface area contributed by atoms with Gasteiger partial charge in [0.1, 0.15) is 11.5 Å². The second-order valence-electron chi connectivity index (χ2n) is 6.52. The molecule has 0 unspecified atom stereocenters. The molecule has 0 amide bonds. The predicted molar refractivity (Wildman–Crippen MR) is 91.3 cm³/mol. The molecule has 3 rings (SSSR count). The maximum absolute atomic E-state index is 12.3. The van der Waals surface area contributed by atoms with E-state index in [1.54, 1.807) is 19.2 Å². The van der Waals surface area contributed by atoms with Crippen molar-refractivity contribution in [2.75, 3.05) is 7.11 Å². The largest absolute Gasteiger partial charge is 0.496 e. The molecule has 0 N–H and O–H groups in total. The minimum Gasteiger partial charge on any atom is -0.496 e. The van der Waals surface area contributed by atoms with Gasteiger partial charge in [-0.15, -0.1) is 0 Å². The molecule has 0 radical (unpaired) electrons. The van der Waals surface area contributed by atoms with Crippen LogP contribution in [0.3, 0.4) is 0 Å². The number of ether oxygens (including phenoxy) is 2. The van der Waals surface area contributed by atoms with Gasteiger partial charge in [-0.05, 0) is 51.0 Å². The molecule has 5 heteroatoms. The molecule has 2 aromatic rings. The molecule has 0 atom stereocenters. The van der Waals surface area contributed by atoms with Gasteiger partial charge in [0.15, 0.2) is 4.98 Å². The standard InChI is InChI=1S/C19H19N2O3/c1-10-14(12-6-8-13(21-20)9-7-12)16(23-5)11(2)15-17(10)24-18(22)19(15,3)4/h6-9H,1-5H3/q+1. The third-order valence-corrected chi connectivity index (χ3v) is 4.69. The summed E-state index contributed by atoms with van der Waals surface area (Å²) in [5, 5.41) is 8.85. The van der Waals surface area contributed by atoms with Crippen molar-refractivity contribution >= 4 is 11.7 Å². The van der Waals surface area contributed by atoms with Gasteiger partial charge in [-0.3, -0.25) is 4.79 Å². The third-order valence-electron chi connectivity index (χ3n) is 4.69. The zero-order valence-electron chi connectivity index (χ0n) is 14.4. The van der Waals surface area contributed by atoms with E-state index in [2.05, 4.69) is 4.98 Å². The first kappa shape index (κ1) is 16.0. The summed E-state index contributed by atoms with van der Waals surface area (Å²) in [6.07, 6.45) is 0. The van der Waals surface area contributed by atoms with Crippen LogP contribution in [0.2, 0.25) is 0 Å². The lowest BCUT2D eigenvalue weighted by Gasteiger charge is -2.21. The SMILES string of the molecule is COc1c(C)c2c(c(C)c1-c1ccc([N+]#N)cc1)OC(=O)C2(C)C. The van der Waals surface area contributed by atoms with Crippen LogP contribution in [0.15, 0.2) is 24.3 Å². The first-order chi connectivity index (χ1) is 11.3. The molecular formula is C19H19N2O3+. The van der Waals surface area contributed by atoms with E-state index in [0.29, 0.717) is 11.4 Å². The Morgan fingerprint density at radius 2 is 1.75 bits per heavy atom. The van der Waals surface area contributed by atoms with Crippen molar-refractivity contribution in [3.05, 3.63) is 45.9 Å². The monoisotopic (exact) mass is 323 g/mol. The lowest BCUT2D eigenvalue weighted by Crippen LogP contribution is -2.26. The number of diazo groups is 1. The van der Waals surface area contributed by atoms with Crippen LogP contribution in [0.5, 0.6) is 11.5 Å². The minimum absolute atomic E-state index is 0.252. The first-order valence-corrected chi connectivity index (χ1v) is 7.72. The summed E-state index contributed by atoms with van der Waals surface area (Å²) in [6, 6.07) is 7.14. The van der Waals surface area contributed by atoms with Crippen molar-refractivity contribution < 1.29 is 14.3 Å². The van der Waals surface area contributed by atoms with Crippen LogP contribution >= 0.6 is 0 Å². The number of fused-ring (bicyclic) bond motifs is 1. The van der Waals surface area contributed by atoms with Gasteiger partial charge in [-0.2, -0.15) is 0 Å². The Balaban J connectivity index is 2.33. The van der Waals surface area contributed by atoms with Crippen LogP contribution in [0.1, 0.15) is 30.5 Å². The fourth-order valence-electron chi connectivity index (χ4n) is 3.44. The van der Waals surface area contributed by atoms with Crippen molar-refractivity contribution in [2.45, 2.75) is 33.1 Å². The van der Waals surface area contributed by atoms with Gasteiger partial charge < -0.3 is 9.47 Å². The number of hydrogen-bond donors (Lipinski definition) is 0. The highest BCUT2D eigenvalue weighted by Gasteiger charge is 2.45. The normalized spacial score (nSPS) is 14.8. The number of carbonyl (C=O) groups excluding carboxylic acids is 1. The molecule has 2 aromatic carbocycles. The number of methoxy groups -OCH3 is 1. The number of nitrogens with zero attached hydrogens (tertiary/aromatic N) is 2. The topological polar surface area (TPSA) is 63.7 Å². The van der Waals surface area contributed by atoms with E-state index >= 15 is 0 Å². The summed E-state index contributed by atoms with van der Waals surface area (Å²) in [5.74, 6) is 1.10. The van der Waals surface area contributed by atoms with E-state index in [9.17, 15) is 4.79 Å². The van der Waals surface area contributed by atoms with Crippen LogP contribution in [0.25, 0.3) is 16.1 Å². The highest BCUT2D eigenvalue weighted by Crippen LogP contribution is 2.51. The zero-order valence-corrected chi connectivity index (χ0v) is 14.4. The average Bonchev–Trinajstić information content (AvgIpc) is 2.81. The molecule has 0 saturated heterocycles. The molecule has 1 aliphatic heterocycles. The fourth-order valence-corrected chi connectivity index (χ4v) is 3.44. The molecule has 0 aliphatic carbocycles. The second-order valence-corrected chi connectivity index (χ2v) is 6.52. The van der Waals surface area contributed by atoms with E-state index in [1.165, 1.54) is 0 Å². The van der Waals surface area contributed by atoms with Crippen LogP contribution < -0.4 is 9.47 Å². The summed E-state index contributed by atoms with van der Waals surface area (Å²) in [7, 11) is 1.62. The number of benzene rings is 2. The summed E-state index contributed by atoms with van der Waals surface area (Å²) in [5.41, 5.74) is 4.20. The molecule has 1 heterocycles. The molecule has 0 aromatic heterocycles. The zero-order chi connectivity index (χ0) is 17.6. The Morgan fingerprint density at radius 1 is 1.12 bits per heavy atom. The lowest BCUT2D eigenvalue weighted by molar-refractivity contribution is -0.137. The Kier molecular flexibility index (Phi) is 3.56. The van der Waals surface area contributed by atoms with Gasteiger partial charge in [0.2, 0.25) is 5.39 Å². The number of esters is 1. The molecule has 122 valence electrons. The van der Waals surface area contributed by atoms with Gasteiger partial charge >= 0.3 is 11.7 Å². The average molecular weight is 323 g/mol. The fraction of sp³-hybridized carbons (Fsp3) is 0.316. The Bertz CT molecular complexity index is 891. The summed E-state index contributed by atoms with van der Waals surface area (Å²) < 4.78 is 11.3. The molecular weight excluding hydrogens is 304 g/mol. The Morgan fingerprint density at radius 3 is 2.29 bits per heavy atom. The van der Waals surface area contributed by atoms with Crippen LogP contribution in [0.4, 0.5) is 5.69 Å². The number of carbonyl (C=O) groups is 1. The smallest absolute Gasteiger partial charge is 0.385 e. The maximum atomic E-state index is 12.3. The number of rotatable bonds is 2. The van der Waals surface area contributed by atoms with Gasteiger partial charge in [-0.25, -0.2) is 0 Å². The molecule has 0 fully saturated rings. The van der Waals surface area contributed by atoms with Gasteiger partial charge in [0, 0.05) is 28.8 Å². The van der Waals surface area contributed by atoms with E-state index in [0.717, 1.165) is 33.6 Å². The van der Waals surface area contributed by atoms with Crippen LogP contribution in [-0.4, -0.2) is 13.1 Å². The Labute approximate surface area is 140 Å². The van der Waals surface area contributed by atoms with Gasteiger partial charge in [-0.1, -0.05) is 0 Å². The molecule has 0 bridgehead atoms. The summed E-state index contributed by atoms with van der Waals surface area (Å²) in [6.45, 7) is 7.60. The maximum Gasteiger partial charge on any atom is 0.385 e. The summed E-state index contributed by atoms with van der Waals surface area (Å²) in [4.78, 5) is 15.5. The minimum atomic E-state index is -0.699. The number of hydrogen-bond acceptors (Lipinski definition) is 4. The first-order valence-electron chi connectivity index (χ1n) is 7.72. The molecule has 1 aliphatic rings. The second kappa shape index (κ2) is 5.34. The Hall–Kier alpha value is -2.87.